The predicted molar refractivity (Wildman–Crippen MR) is 77.9 cm³/mol. The van der Waals surface area contributed by atoms with Crippen LogP contribution < -0.4 is 4.90 Å². The number of carboxylic acids is 1. The molecule has 0 saturated carbocycles. The number of hydrogen-bond donors (Lipinski definition) is 1. The van der Waals surface area contributed by atoms with Gasteiger partial charge in [0.2, 0.25) is 5.91 Å². The maximum absolute atomic E-state index is 12.3. The maximum Gasteiger partial charge on any atom is 0.303 e. The number of carbonyl (C=O) groups excluding carboxylic acids is 1. The number of nitrogens with zero attached hydrogens (tertiary/aromatic N) is 1. The van der Waals surface area contributed by atoms with Crippen molar-refractivity contribution >= 4 is 17.6 Å². The summed E-state index contributed by atoms with van der Waals surface area (Å²) in [7, 11) is 0. The molecule has 1 unspecified atom stereocenters. The minimum Gasteiger partial charge on any atom is -0.481 e. The fourth-order valence-electron chi connectivity index (χ4n) is 2.70. The molecule has 1 aliphatic rings. The lowest BCUT2D eigenvalue weighted by atomic mass is 9.91. The first-order valence-corrected chi connectivity index (χ1v) is 7.20. The molecule has 1 aromatic carbocycles. The zero-order valence-corrected chi connectivity index (χ0v) is 11.8. The molecule has 108 valence electrons. The lowest BCUT2D eigenvalue weighted by Gasteiger charge is -2.33. The van der Waals surface area contributed by atoms with E-state index in [2.05, 4.69) is 13.0 Å². The zero-order valence-electron chi connectivity index (χ0n) is 11.8. The van der Waals surface area contributed by atoms with Crippen molar-refractivity contribution in [2.45, 2.75) is 44.9 Å². The number of benzene rings is 1. The molecule has 0 fully saturated rings. The predicted octanol–water partition coefficient (Wildman–Crippen LogP) is 3.17. The molecule has 1 heterocycles. The van der Waals surface area contributed by atoms with Crippen LogP contribution in [0.4, 0.5) is 5.69 Å². The van der Waals surface area contributed by atoms with Crippen LogP contribution in [-0.4, -0.2) is 23.5 Å². The third-order valence-corrected chi connectivity index (χ3v) is 3.88. The highest BCUT2D eigenvalue weighted by atomic mass is 16.4. The van der Waals surface area contributed by atoms with E-state index in [-0.39, 0.29) is 12.3 Å². The van der Waals surface area contributed by atoms with E-state index in [1.165, 1.54) is 5.56 Å². The number of hydrogen-bond acceptors (Lipinski definition) is 2. The summed E-state index contributed by atoms with van der Waals surface area (Å²) in [6, 6.07) is 8.06. The SMILES string of the molecule is CC1CCN(C(=O)CCCCC(=O)O)c2ccccc21. The molecule has 0 spiro atoms. The number of anilines is 1. The van der Waals surface area contributed by atoms with Crippen LogP contribution in [-0.2, 0) is 9.59 Å². The highest BCUT2D eigenvalue weighted by Gasteiger charge is 2.25. The van der Waals surface area contributed by atoms with Crippen molar-refractivity contribution < 1.29 is 14.7 Å². The van der Waals surface area contributed by atoms with Gasteiger partial charge in [-0.15, -0.1) is 0 Å². The Balaban J connectivity index is 1.97. The average molecular weight is 275 g/mol. The highest BCUT2D eigenvalue weighted by molar-refractivity contribution is 5.94. The summed E-state index contributed by atoms with van der Waals surface area (Å²) >= 11 is 0. The Hall–Kier alpha value is -1.84. The summed E-state index contributed by atoms with van der Waals surface area (Å²) in [6.45, 7) is 2.95. The Morgan fingerprint density at radius 1 is 1.25 bits per heavy atom. The van der Waals surface area contributed by atoms with Gasteiger partial charge in [-0.2, -0.15) is 0 Å². The first kappa shape index (κ1) is 14.6. The molecule has 0 saturated heterocycles. The van der Waals surface area contributed by atoms with E-state index >= 15 is 0 Å². The number of aliphatic carboxylic acids is 1. The van der Waals surface area contributed by atoms with Gasteiger partial charge in [-0.05, 0) is 36.8 Å². The summed E-state index contributed by atoms with van der Waals surface area (Å²) in [5, 5.41) is 8.59. The molecule has 20 heavy (non-hydrogen) atoms. The largest absolute Gasteiger partial charge is 0.481 e. The first-order chi connectivity index (χ1) is 9.59. The van der Waals surface area contributed by atoms with Crippen molar-refractivity contribution in [3.63, 3.8) is 0 Å². The van der Waals surface area contributed by atoms with Crippen LogP contribution in [0.3, 0.4) is 0 Å². The highest BCUT2D eigenvalue weighted by Crippen LogP contribution is 2.35. The standard InChI is InChI=1S/C16H21NO3/c1-12-10-11-17(14-7-3-2-6-13(12)14)15(18)8-4-5-9-16(19)20/h2-3,6-7,12H,4-5,8-11H2,1H3,(H,19,20). The molecule has 1 N–H and O–H groups in total. The molecule has 4 heteroatoms. The van der Waals surface area contributed by atoms with Gasteiger partial charge in [0.05, 0.1) is 0 Å². The number of rotatable bonds is 5. The fraction of sp³-hybridized carbons (Fsp3) is 0.500. The number of carboxylic acid groups (broad SMARTS) is 1. The van der Waals surface area contributed by atoms with Crippen LogP contribution in [0.25, 0.3) is 0 Å². The number of unbranched alkanes of at least 4 members (excludes halogenated alkanes) is 1. The second-order valence-corrected chi connectivity index (χ2v) is 5.39. The Morgan fingerprint density at radius 2 is 1.95 bits per heavy atom. The Morgan fingerprint density at radius 3 is 2.70 bits per heavy atom. The quantitative estimate of drug-likeness (QED) is 0.840. The van der Waals surface area contributed by atoms with Crippen LogP contribution in [0.1, 0.15) is 50.5 Å². The normalized spacial score (nSPS) is 17.6. The van der Waals surface area contributed by atoms with Crippen molar-refractivity contribution in [1.29, 1.82) is 0 Å². The summed E-state index contributed by atoms with van der Waals surface area (Å²) in [5.74, 6) is -0.202. The van der Waals surface area contributed by atoms with Crippen molar-refractivity contribution in [2.75, 3.05) is 11.4 Å². The van der Waals surface area contributed by atoms with Gasteiger partial charge in [-0.1, -0.05) is 25.1 Å². The van der Waals surface area contributed by atoms with Crippen molar-refractivity contribution in [2.24, 2.45) is 0 Å². The molecule has 0 bridgehead atoms. The van der Waals surface area contributed by atoms with E-state index < -0.39 is 5.97 Å². The number of amides is 1. The third kappa shape index (κ3) is 3.38. The summed E-state index contributed by atoms with van der Waals surface area (Å²) in [6.07, 6.45) is 2.75. The topological polar surface area (TPSA) is 57.6 Å². The van der Waals surface area contributed by atoms with Gasteiger partial charge in [-0.25, -0.2) is 0 Å². The van der Waals surface area contributed by atoms with Crippen molar-refractivity contribution in [1.82, 2.24) is 0 Å². The number of para-hydroxylation sites is 1. The van der Waals surface area contributed by atoms with Gasteiger partial charge in [-0.3, -0.25) is 9.59 Å². The van der Waals surface area contributed by atoms with E-state index in [4.69, 9.17) is 5.11 Å². The van der Waals surface area contributed by atoms with Crippen molar-refractivity contribution in [3.8, 4) is 0 Å². The van der Waals surface area contributed by atoms with Crippen LogP contribution >= 0.6 is 0 Å². The van der Waals surface area contributed by atoms with Gasteiger partial charge >= 0.3 is 5.97 Å². The monoisotopic (exact) mass is 275 g/mol. The lowest BCUT2D eigenvalue weighted by Crippen LogP contribution is -2.36. The summed E-state index contributed by atoms with van der Waals surface area (Å²) < 4.78 is 0. The van der Waals surface area contributed by atoms with Crippen LogP contribution in [0.5, 0.6) is 0 Å². The van der Waals surface area contributed by atoms with E-state index in [9.17, 15) is 9.59 Å². The molecule has 1 aromatic rings. The Labute approximate surface area is 119 Å². The minimum atomic E-state index is -0.797. The maximum atomic E-state index is 12.3. The van der Waals surface area contributed by atoms with Gasteiger partial charge in [0.1, 0.15) is 0 Å². The van der Waals surface area contributed by atoms with Gasteiger partial charge < -0.3 is 10.0 Å². The molecule has 0 aromatic heterocycles. The summed E-state index contributed by atoms with van der Waals surface area (Å²) in [4.78, 5) is 24.6. The fourth-order valence-corrected chi connectivity index (χ4v) is 2.70. The second-order valence-electron chi connectivity index (χ2n) is 5.39. The number of carbonyl (C=O) groups is 2. The van der Waals surface area contributed by atoms with Gasteiger partial charge in [0.15, 0.2) is 0 Å². The third-order valence-electron chi connectivity index (χ3n) is 3.88. The van der Waals surface area contributed by atoms with E-state index in [1.807, 2.05) is 23.1 Å². The second kappa shape index (κ2) is 6.55. The summed E-state index contributed by atoms with van der Waals surface area (Å²) in [5.41, 5.74) is 2.26. The molecule has 2 rings (SSSR count). The molecular weight excluding hydrogens is 254 g/mol. The zero-order chi connectivity index (χ0) is 14.5. The number of fused-ring (bicyclic) bond motifs is 1. The minimum absolute atomic E-state index is 0.106. The molecule has 1 amide bonds. The molecule has 1 atom stereocenters. The molecule has 1 aliphatic heterocycles. The van der Waals surface area contributed by atoms with Crippen LogP contribution in [0, 0.1) is 0 Å². The molecule has 4 nitrogen and oxygen atoms in total. The molecule has 0 radical (unpaired) electrons. The Bertz CT molecular complexity index is 498. The van der Waals surface area contributed by atoms with Crippen LogP contribution in [0.15, 0.2) is 24.3 Å². The Kier molecular flexibility index (Phi) is 4.77. The lowest BCUT2D eigenvalue weighted by molar-refractivity contribution is -0.137. The van der Waals surface area contributed by atoms with Crippen LogP contribution in [0.2, 0.25) is 0 Å². The van der Waals surface area contributed by atoms with E-state index in [0.717, 1.165) is 18.7 Å². The molecular formula is C16H21NO3. The van der Waals surface area contributed by atoms with Crippen molar-refractivity contribution in [3.05, 3.63) is 29.8 Å². The molecule has 0 aliphatic carbocycles. The van der Waals surface area contributed by atoms with E-state index in [1.54, 1.807) is 0 Å². The smallest absolute Gasteiger partial charge is 0.303 e. The van der Waals surface area contributed by atoms with Gasteiger partial charge in [0.25, 0.3) is 0 Å². The van der Waals surface area contributed by atoms with Gasteiger partial charge in [0, 0.05) is 25.1 Å². The average Bonchev–Trinajstić information content (AvgIpc) is 2.44. The van der Waals surface area contributed by atoms with E-state index in [0.29, 0.717) is 25.2 Å². The first-order valence-electron chi connectivity index (χ1n) is 7.20.